The number of halogens is 3. The summed E-state index contributed by atoms with van der Waals surface area (Å²) in [7, 11) is 1.83. The average molecular weight is 299 g/mol. The summed E-state index contributed by atoms with van der Waals surface area (Å²) in [4.78, 5) is 4.61. The van der Waals surface area contributed by atoms with Gasteiger partial charge in [0.15, 0.2) is 5.82 Å². The smallest absolute Gasteiger partial charge is 0.161 e. The highest BCUT2D eigenvalue weighted by atomic mass is 35.5. The van der Waals surface area contributed by atoms with Gasteiger partial charge in [-0.25, -0.2) is 4.39 Å². The molecule has 0 bridgehead atoms. The van der Waals surface area contributed by atoms with Crippen molar-refractivity contribution in [1.29, 1.82) is 0 Å². The maximum absolute atomic E-state index is 13.9. The highest BCUT2D eigenvalue weighted by Crippen LogP contribution is 2.39. The maximum Gasteiger partial charge on any atom is 0.161 e. The molecule has 1 aromatic carbocycles. The van der Waals surface area contributed by atoms with Crippen molar-refractivity contribution in [2.75, 3.05) is 12.4 Å². The summed E-state index contributed by atoms with van der Waals surface area (Å²) in [6, 6.07) is 1.55. The van der Waals surface area contributed by atoms with E-state index in [1.54, 1.807) is 6.07 Å². The Morgan fingerprint density at radius 2 is 2.00 bits per heavy atom. The van der Waals surface area contributed by atoms with Crippen LogP contribution >= 0.6 is 23.2 Å². The third-order valence-corrected chi connectivity index (χ3v) is 4.27. The second kappa shape index (κ2) is 4.80. The number of aryl methyl sites for hydroxylation is 1. The molecule has 1 N–H and O–H groups in total. The number of benzene rings is 1. The number of nitrogens with zero attached hydrogens (tertiary/aromatic N) is 1. The van der Waals surface area contributed by atoms with Crippen molar-refractivity contribution in [3.05, 3.63) is 33.2 Å². The van der Waals surface area contributed by atoms with Crippen LogP contribution in [0, 0.1) is 5.82 Å². The molecule has 0 saturated carbocycles. The standard InChI is InChI=1S/C14H13Cl2FN2/c1-18-14-7-4-2-3-5-9(7)19-10-6-8(15)13(17)12(16)11(10)14/h6H,2-5H2,1H3,(H,18,19). The van der Waals surface area contributed by atoms with Gasteiger partial charge in [0, 0.05) is 23.8 Å². The number of aromatic nitrogens is 1. The van der Waals surface area contributed by atoms with Crippen molar-refractivity contribution < 1.29 is 4.39 Å². The molecule has 1 aliphatic rings. The molecule has 2 nitrogen and oxygen atoms in total. The Labute approximate surface area is 120 Å². The van der Waals surface area contributed by atoms with Gasteiger partial charge in [-0.2, -0.15) is 0 Å². The molecule has 2 aromatic rings. The van der Waals surface area contributed by atoms with Crippen LogP contribution < -0.4 is 5.32 Å². The summed E-state index contributed by atoms with van der Waals surface area (Å²) in [6.07, 6.45) is 4.17. The van der Waals surface area contributed by atoms with Gasteiger partial charge in [-0.1, -0.05) is 23.2 Å². The number of pyridine rings is 1. The molecule has 0 saturated heterocycles. The van der Waals surface area contributed by atoms with Crippen molar-refractivity contribution in [3.8, 4) is 0 Å². The molecule has 0 fully saturated rings. The summed E-state index contributed by atoms with van der Waals surface area (Å²) in [6.45, 7) is 0. The first-order valence-corrected chi connectivity index (χ1v) is 7.05. The van der Waals surface area contributed by atoms with Crippen LogP contribution in [0.25, 0.3) is 10.9 Å². The Hall–Kier alpha value is -1.06. The minimum atomic E-state index is -0.579. The van der Waals surface area contributed by atoms with E-state index in [0.29, 0.717) is 10.9 Å². The first kappa shape index (κ1) is 12.9. The second-order valence-electron chi connectivity index (χ2n) is 4.75. The van der Waals surface area contributed by atoms with E-state index >= 15 is 0 Å². The Kier molecular flexibility index (Phi) is 3.27. The summed E-state index contributed by atoms with van der Waals surface area (Å²) in [5, 5.41) is 3.85. The highest BCUT2D eigenvalue weighted by molar-refractivity contribution is 6.39. The van der Waals surface area contributed by atoms with Crippen LogP contribution in [0.3, 0.4) is 0 Å². The van der Waals surface area contributed by atoms with Crippen molar-refractivity contribution in [2.24, 2.45) is 0 Å². The third kappa shape index (κ3) is 1.96. The van der Waals surface area contributed by atoms with Crippen LogP contribution in [0.4, 0.5) is 10.1 Å². The van der Waals surface area contributed by atoms with Crippen LogP contribution in [0.5, 0.6) is 0 Å². The number of anilines is 1. The minimum Gasteiger partial charge on any atom is -0.387 e. The average Bonchev–Trinajstić information content (AvgIpc) is 2.42. The van der Waals surface area contributed by atoms with Gasteiger partial charge in [0.25, 0.3) is 0 Å². The maximum atomic E-state index is 13.9. The van der Waals surface area contributed by atoms with Crippen LogP contribution in [0.1, 0.15) is 24.1 Å². The summed E-state index contributed by atoms with van der Waals surface area (Å²) in [5.74, 6) is -0.579. The molecule has 0 atom stereocenters. The normalized spacial score (nSPS) is 14.5. The molecule has 0 radical (unpaired) electrons. The second-order valence-corrected chi connectivity index (χ2v) is 5.53. The summed E-state index contributed by atoms with van der Waals surface area (Å²) in [5.41, 5.74) is 3.77. The zero-order chi connectivity index (χ0) is 13.6. The molecule has 1 heterocycles. The van der Waals surface area contributed by atoms with E-state index in [4.69, 9.17) is 23.2 Å². The van der Waals surface area contributed by atoms with E-state index in [0.717, 1.165) is 42.6 Å². The minimum absolute atomic E-state index is 0.0165. The van der Waals surface area contributed by atoms with Gasteiger partial charge in [0.2, 0.25) is 0 Å². The van der Waals surface area contributed by atoms with Gasteiger partial charge < -0.3 is 5.32 Å². The van der Waals surface area contributed by atoms with E-state index < -0.39 is 5.82 Å². The third-order valence-electron chi connectivity index (χ3n) is 3.64. The largest absolute Gasteiger partial charge is 0.387 e. The molecule has 0 spiro atoms. The molecule has 5 heteroatoms. The summed E-state index contributed by atoms with van der Waals surface area (Å²) >= 11 is 12.0. The monoisotopic (exact) mass is 298 g/mol. The lowest BCUT2D eigenvalue weighted by atomic mass is 9.92. The van der Waals surface area contributed by atoms with Crippen LogP contribution in [0.2, 0.25) is 10.0 Å². The highest BCUT2D eigenvalue weighted by Gasteiger charge is 2.21. The van der Waals surface area contributed by atoms with Crippen LogP contribution in [-0.4, -0.2) is 12.0 Å². The molecular weight excluding hydrogens is 286 g/mol. The van der Waals surface area contributed by atoms with Crippen molar-refractivity contribution in [2.45, 2.75) is 25.7 Å². The van der Waals surface area contributed by atoms with Crippen LogP contribution in [-0.2, 0) is 12.8 Å². The fourth-order valence-corrected chi connectivity index (χ4v) is 3.30. The molecular formula is C14H13Cl2FN2. The van der Waals surface area contributed by atoms with Crippen molar-refractivity contribution in [1.82, 2.24) is 4.98 Å². The van der Waals surface area contributed by atoms with E-state index in [9.17, 15) is 4.39 Å². The lowest BCUT2D eigenvalue weighted by Gasteiger charge is -2.21. The summed E-state index contributed by atoms with van der Waals surface area (Å²) < 4.78 is 13.9. The predicted molar refractivity (Wildman–Crippen MR) is 77.9 cm³/mol. The van der Waals surface area contributed by atoms with E-state index in [1.807, 2.05) is 7.05 Å². The molecule has 0 amide bonds. The van der Waals surface area contributed by atoms with Crippen molar-refractivity contribution >= 4 is 39.8 Å². The quantitative estimate of drug-likeness (QED) is 0.778. The Balaban J connectivity index is 2.44. The van der Waals surface area contributed by atoms with E-state index in [2.05, 4.69) is 10.3 Å². The Morgan fingerprint density at radius 3 is 2.74 bits per heavy atom. The van der Waals surface area contributed by atoms with Crippen LogP contribution in [0.15, 0.2) is 6.07 Å². The zero-order valence-electron chi connectivity index (χ0n) is 10.5. The van der Waals surface area contributed by atoms with Gasteiger partial charge in [0.1, 0.15) is 0 Å². The molecule has 1 aromatic heterocycles. The van der Waals surface area contributed by atoms with Gasteiger partial charge in [-0.15, -0.1) is 0 Å². The molecule has 3 rings (SSSR count). The predicted octanol–water partition coefficient (Wildman–Crippen LogP) is 4.60. The first-order chi connectivity index (χ1) is 9.13. The van der Waals surface area contributed by atoms with Gasteiger partial charge in [0.05, 0.1) is 15.6 Å². The van der Waals surface area contributed by atoms with E-state index in [1.165, 1.54) is 0 Å². The van der Waals surface area contributed by atoms with Gasteiger partial charge >= 0.3 is 0 Å². The molecule has 0 unspecified atom stereocenters. The number of hydrogen-bond acceptors (Lipinski definition) is 2. The number of fused-ring (bicyclic) bond motifs is 2. The lowest BCUT2D eigenvalue weighted by molar-refractivity contribution is 0.630. The molecule has 1 aliphatic carbocycles. The zero-order valence-corrected chi connectivity index (χ0v) is 12.0. The Bertz CT molecular complexity index is 671. The van der Waals surface area contributed by atoms with Crippen molar-refractivity contribution in [3.63, 3.8) is 0 Å². The molecule has 0 aliphatic heterocycles. The topological polar surface area (TPSA) is 24.9 Å². The number of nitrogens with one attached hydrogen (secondary N) is 1. The van der Waals surface area contributed by atoms with Gasteiger partial charge in [-0.05, 0) is 37.3 Å². The Morgan fingerprint density at radius 1 is 1.26 bits per heavy atom. The lowest BCUT2D eigenvalue weighted by Crippen LogP contribution is -2.10. The molecule has 100 valence electrons. The SMILES string of the molecule is CNc1c2c(nc3cc(Cl)c(F)c(Cl)c13)CCCC2. The fourth-order valence-electron chi connectivity index (χ4n) is 2.76. The molecule has 19 heavy (non-hydrogen) atoms. The number of hydrogen-bond donors (Lipinski definition) is 1. The number of rotatable bonds is 1. The van der Waals surface area contributed by atoms with Gasteiger partial charge in [-0.3, -0.25) is 4.98 Å². The first-order valence-electron chi connectivity index (χ1n) is 6.30. The fraction of sp³-hybridized carbons (Fsp3) is 0.357. The van der Waals surface area contributed by atoms with E-state index in [-0.39, 0.29) is 10.0 Å².